The lowest BCUT2D eigenvalue weighted by molar-refractivity contribution is -0.114. The lowest BCUT2D eigenvalue weighted by Crippen LogP contribution is -2.35. The highest BCUT2D eigenvalue weighted by Crippen LogP contribution is 2.31. The third-order valence-corrected chi connectivity index (χ3v) is 7.82. The summed E-state index contributed by atoms with van der Waals surface area (Å²) in [5.74, 6) is 0.280. The lowest BCUT2D eigenvalue weighted by atomic mass is 10.0. The zero-order valence-electron chi connectivity index (χ0n) is 21.3. The van der Waals surface area contributed by atoms with Crippen molar-refractivity contribution in [1.82, 2.24) is 9.58 Å². The summed E-state index contributed by atoms with van der Waals surface area (Å²) < 4.78 is 7.99. The van der Waals surface area contributed by atoms with E-state index >= 15 is 0 Å². The molecule has 0 saturated heterocycles. The summed E-state index contributed by atoms with van der Waals surface area (Å²) in [5, 5.41) is 19.2. The maximum Gasteiger partial charge on any atom is 0.283 e. The van der Waals surface area contributed by atoms with Crippen molar-refractivity contribution in [3.05, 3.63) is 120 Å². The number of thioether (sulfide) groups is 1. The topological polar surface area (TPSA) is 83.0 Å². The summed E-state index contributed by atoms with van der Waals surface area (Å²) in [6.45, 7) is 0.906. The van der Waals surface area contributed by atoms with Crippen molar-refractivity contribution in [1.29, 1.82) is 5.41 Å². The van der Waals surface area contributed by atoms with Gasteiger partial charge in [0.15, 0.2) is 5.84 Å². The Morgan fingerprint density at radius 3 is 2.50 bits per heavy atom. The number of rotatable bonds is 6. The number of nitrogens with zero attached hydrogens (tertiary/aromatic N) is 4. The second-order valence-electron chi connectivity index (χ2n) is 9.48. The number of hydrogen-bond donors (Lipinski definition) is 1. The Morgan fingerprint density at radius 2 is 1.62 bits per heavy atom. The highest BCUT2D eigenvalue weighted by Gasteiger charge is 2.36. The minimum absolute atomic E-state index is 0.00287. The molecule has 8 heteroatoms. The molecule has 0 spiro atoms. The molecule has 0 saturated carbocycles. The maximum absolute atomic E-state index is 13.1. The second kappa shape index (κ2) is 9.98. The fourth-order valence-corrected chi connectivity index (χ4v) is 5.84. The highest BCUT2D eigenvalue weighted by molar-refractivity contribution is 8.27. The Hall–Kier alpha value is -4.95. The molecule has 40 heavy (non-hydrogen) atoms. The molecule has 0 atom stereocenters. The van der Waals surface area contributed by atoms with Gasteiger partial charge in [0.05, 0.1) is 5.57 Å². The minimum Gasteiger partial charge on any atom is -0.487 e. The van der Waals surface area contributed by atoms with Gasteiger partial charge in [0, 0.05) is 29.2 Å². The number of aliphatic imine (C=N–C) groups is 1. The van der Waals surface area contributed by atoms with E-state index in [-0.39, 0.29) is 18.0 Å². The number of carbonyl (C=O) groups excluding carboxylic acids is 1. The Labute approximate surface area is 234 Å². The van der Waals surface area contributed by atoms with E-state index in [2.05, 4.69) is 57.1 Å². The number of amides is 1. The highest BCUT2D eigenvalue weighted by atomic mass is 32.2. The molecule has 7 nitrogen and oxygen atoms in total. The number of benzene rings is 4. The number of aromatic nitrogens is 1. The van der Waals surface area contributed by atoms with Gasteiger partial charge >= 0.3 is 0 Å². The van der Waals surface area contributed by atoms with E-state index in [0.29, 0.717) is 16.8 Å². The number of amidine groups is 2. The van der Waals surface area contributed by atoms with E-state index in [1.807, 2.05) is 60.8 Å². The summed E-state index contributed by atoms with van der Waals surface area (Å²) in [6.07, 6.45) is 3.80. The number of hydrogen-bond acceptors (Lipinski definition) is 5. The SMILES string of the molecule is N=C1/C(=C\c2cn(Cc3cccc4ccccc34)c3ccccc23)C(=O)N=C2SC(COc3ccccc3)=NN12. The van der Waals surface area contributed by atoms with Crippen LogP contribution in [0.3, 0.4) is 0 Å². The van der Waals surface area contributed by atoms with Gasteiger partial charge in [-0.05, 0) is 52.4 Å². The Balaban J connectivity index is 1.20. The Kier molecular flexibility index (Phi) is 6.02. The number of carbonyl (C=O) groups is 1. The van der Waals surface area contributed by atoms with Gasteiger partial charge in [-0.3, -0.25) is 10.2 Å². The smallest absolute Gasteiger partial charge is 0.283 e. The van der Waals surface area contributed by atoms with E-state index in [9.17, 15) is 4.79 Å². The maximum atomic E-state index is 13.1. The van der Waals surface area contributed by atoms with Crippen molar-refractivity contribution in [3.8, 4) is 5.75 Å². The molecule has 0 fully saturated rings. The van der Waals surface area contributed by atoms with E-state index < -0.39 is 5.91 Å². The number of ether oxygens (including phenoxy) is 1. The first-order valence-corrected chi connectivity index (χ1v) is 13.7. The first-order chi connectivity index (χ1) is 19.6. The first kappa shape index (κ1) is 24.1. The second-order valence-corrected chi connectivity index (χ2v) is 10.5. The molecule has 4 aromatic carbocycles. The molecular weight excluding hydrogens is 518 g/mol. The average Bonchev–Trinajstić information content (AvgIpc) is 3.56. The molecule has 0 radical (unpaired) electrons. The van der Waals surface area contributed by atoms with Crippen LogP contribution in [0.15, 0.2) is 119 Å². The molecule has 1 aromatic heterocycles. The van der Waals surface area contributed by atoms with Gasteiger partial charge < -0.3 is 9.30 Å². The number of nitrogens with one attached hydrogen (secondary N) is 1. The molecule has 0 aliphatic carbocycles. The van der Waals surface area contributed by atoms with Crippen LogP contribution in [-0.2, 0) is 11.3 Å². The summed E-state index contributed by atoms with van der Waals surface area (Å²) in [6, 6.07) is 32.3. The van der Waals surface area contributed by atoms with Gasteiger partial charge in [0.25, 0.3) is 5.91 Å². The molecule has 0 unspecified atom stereocenters. The van der Waals surface area contributed by atoms with Crippen molar-refractivity contribution in [2.45, 2.75) is 6.54 Å². The standard InChI is InChI=1S/C32H23N5O2S/c33-30-27(31(38)34-32-37(30)35-29(40-32)20-39-24-12-2-1-3-13-24)17-23-19-36(28-16-7-6-15-26(23)28)18-22-11-8-10-21-9-4-5-14-25(21)22/h1-17,19,33H,18,20H2/b27-17+,33-30?. The van der Waals surface area contributed by atoms with Crippen LogP contribution in [-0.4, -0.2) is 38.1 Å². The van der Waals surface area contributed by atoms with Crippen LogP contribution < -0.4 is 4.74 Å². The van der Waals surface area contributed by atoms with Crippen LogP contribution in [0.2, 0.25) is 0 Å². The largest absolute Gasteiger partial charge is 0.487 e. The third-order valence-electron chi connectivity index (χ3n) is 6.94. The van der Waals surface area contributed by atoms with Gasteiger partial charge in [-0.2, -0.15) is 15.1 Å². The molecule has 7 rings (SSSR count). The number of para-hydroxylation sites is 2. The zero-order valence-corrected chi connectivity index (χ0v) is 22.1. The minimum atomic E-state index is -0.449. The van der Waals surface area contributed by atoms with E-state index in [1.54, 1.807) is 6.08 Å². The number of fused-ring (bicyclic) bond motifs is 3. The van der Waals surface area contributed by atoms with Crippen LogP contribution in [0, 0.1) is 5.41 Å². The molecule has 194 valence electrons. The van der Waals surface area contributed by atoms with Crippen molar-refractivity contribution in [2.75, 3.05) is 6.61 Å². The molecular formula is C32H23N5O2S. The number of hydrazone groups is 1. The van der Waals surface area contributed by atoms with Crippen LogP contribution >= 0.6 is 11.8 Å². The van der Waals surface area contributed by atoms with Crippen molar-refractivity contribution in [2.24, 2.45) is 10.1 Å². The molecule has 0 bridgehead atoms. The summed E-state index contributed by atoms with van der Waals surface area (Å²) in [4.78, 5) is 17.3. The molecule has 2 aliphatic rings. The summed E-state index contributed by atoms with van der Waals surface area (Å²) in [5.41, 5.74) is 3.32. The molecule has 5 aromatic rings. The molecule has 3 heterocycles. The van der Waals surface area contributed by atoms with Crippen molar-refractivity contribution < 1.29 is 9.53 Å². The van der Waals surface area contributed by atoms with E-state index in [1.165, 1.54) is 33.1 Å². The van der Waals surface area contributed by atoms with Crippen LogP contribution in [0.1, 0.15) is 11.1 Å². The molecule has 2 aliphatic heterocycles. The molecule has 1 N–H and O–H groups in total. The normalized spacial score (nSPS) is 16.0. The summed E-state index contributed by atoms with van der Waals surface area (Å²) >= 11 is 1.25. The van der Waals surface area contributed by atoms with Gasteiger partial charge in [-0.15, -0.1) is 0 Å². The van der Waals surface area contributed by atoms with Crippen LogP contribution in [0.4, 0.5) is 0 Å². The van der Waals surface area contributed by atoms with Gasteiger partial charge in [0.2, 0.25) is 5.17 Å². The quantitative estimate of drug-likeness (QED) is 0.248. The monoisotopic (exact) mass is 541 g/mol. The van der Waals surface area contributed by atoms with Gasteiger partial charge in [-0.1, -0.05) is 78.9 Å². The average molecular weight is 542 g/mol. The van der Waals surface area contributed by atoms with E-state index in [4.69, 9.17) is 10.1 Å². The zero-order chi connectivity index (χ0) is 27.1. The van der Waals surface area contributed by atoms with E-state index in [0.717, 1.165) is 22.2 Å². The predicted molar refractivity (Wildman–Crippen MR) is 162 cm³/mol. The lowest BCUT2D eigenvalue weighted by Gasteiger charge is -2.20. The predicted octanol–water partition coefficient (Wildman–Crippen LogP) is 6.54. The third kappa shape index (κ3) is 4.38. The first-order valence-electron chi connectivity index (χ1n) is 12.9. The van der Waals surface area contributed by atoms with Crippen molar-refractivity contribution in [3.63, 3.8) is 0 Å². The summed E-state index contributed by atoms with van der Waals surface area (Å²) in [7, 11) is 0. The fraction of sp³-hybridized carbons (Fsp3) is 0.0625. The molecule has 1 amide bonds. The van der Waals surface area contributed by atoms with Gasteiger partial charge in [0.1, 0.15) is 17.4 Å². The fourth-order valence-electron chi connectivity index (χ4n) is 5.04. The van der Waals surface area contributed by atoms with Crippen molar-refractivity contribution >= 4 is 61.5 Å². The van der Waals surface area contributed by atoms with Crippen LogP contribution in [0.5, 0.6) is 5.75 Å². The Bertz CT molecular complexity index is 1900. The van der Waals surface area contributed by atoms with Gasteiger partial charge in [-0.25, -0.2) is 0 Å². The Morgan fingerprint density at radius 1 is 0.875 bits per heavy atom. The van der Waals surface area contributed by atoms with Crippen LogP contribution in [0.25, 0.3) is 27.8 Å².